The van der Waals surface area contributed by atoms with E-state index in [0.717, 1.165) is 24.7 Å². The number of nitrogens with zero attached hydrogens (tertiary/aromatic N) is 4. The van der Waals surface area contributed by atoms with E-state index in [-0.39, 0.29) is 0 Å². The Kier molecular flexibility index (Phi) is 4.83. The molecule has 3 rings (SSSR count). The SMILES string of the molecule is Cc1cc(C)n(-c2ccccc2CN(C)CC2CCN(C)C2)n1. The molecule has 4 nitrogen and oxygen atoms in total. The fourth-order valence-electron chi connectivity index (χ4n) is 3.70. The molecule has 1 unspecified atom stereocenters. The van der Waals surface area contributed by atoms with E-state index in [1.807, 2.05) is 0 Å². The summed E-state index contributed by atoms with van der Waals surface area (Å²) in [7, 11) is 4.45. The zero-order chi connectivity index (χ0) is 16.4. The summed E-state index contributed by atoms with van der Waals surface area (Å²) < 4.78 is 2.07. The minimum absolute atomic E-state index is 0.797. The Labute approximate surface area is 139 Å². The first-order valence-corrected chi connectivity index (χ1v) is 8.51. The molecular formula is C19H28N4. The van der Waals surface area contributed by atoms with Crippen LogP contribution in [0.5, 0.6) is 0 Å². The lowest BCUT2D eigenvalue weighted by atomic mass is 10.1. The molecule has 1 fully saturated rings. The first-order chi connectivity index (χ1) is 11.0. The summed E-state index contributed by atoms with van der Waals surface area (Å²) in [6.07, 6.45) is 1.32. The molecule has 0 spiro atoms. The minimum atomic E-state index is 0.797. The van der Waals surface area contributed by atoms with Crippen LogP contribution in [0.4, 0.5) is 0 Å². The fourth-order valence-corrected chi connectivity index (χ4v) is 3.70. The molecule has 2 aromatic rings. The Bertz CT molecular complexity index is 661. The van der Waals surface area contributed by atoms with Gasteiger partial charge in [-0.3, -0.25) is 0 Å². The largest absolute Gasteiger partial charge is 0.306 e. The van der Waals surface area contributed by atoms with Crippen LogP contribution in [0.3, 0.4) is 0 Å². The first kappa shape index (κ1) is 16.2. The van der Waals surface area contributed by atoms with Crippen LogP contribution in [0.1, 0.15) is 23.4 Å². The van der Waals surface area contributed by atoms with Crippen molar-refractivity contribution in [2.75, 3.05) is 33.7 Å². The highest BCUT2D eigenvalue weighted by Gasteiger charge is 2.21. The Hall–Kier alpha value is -1.65. The molecule has 124 valence electrons. The highest BCUT2D eigenvalue weighted by molar-refractivity contribution is 5.41. The molecular weight excluding hydrogens is 284 g/mol. The highest BCUT2D eigenvalue weighted by atomic mass is 15.3. The molecule has 1 aromatic heterocycles. The maximum absolute atomic E-state index is 4.65. The molecule has 0 radical (unpaired) electrons. The second-order valence-electron chi connectivity index (χ2n) is 7.08. The molecule has 1 atom stereocenters. The molecule has 4 heteroatoms. The zero-order valence-electron chi connectivity index (χ0n) is 14.8. The van der Waals surface area contributed by atoms with Gasteiger partial charge in [0.25, 0.3) is 0 Å². The lowest BCUT2D eigenvalue weighted by Gasteiger charge is -2.22. The number of hydrogen-bond donors (Lipinski definition) is 0. The van der Waals surface area contributed by atoms with E-state index in [0.29, 0.717) is 0 Å². The van der Waals surface area contributed by atoms with Gasteiger partial charge in [-0.25, -0.2) is 4.68 Å². The summed E-state index contributed by atoms with van der Waals surface area (Å²) in [6, 6.07) is 10.8. The van der Waals surface area contributed by atoms with Crippen molar-refractivity contribution < 1.29 is 0 Å². The van der Waals surface area contributed by atoms with Crippen LogP contribution in [-0.4, -0.2) is 53.3 Å². The van der Waals surface area contributed by atoms with E-state index in [4.69, 9.17) is 0 Å². The molecule has 0 saturated carbocycles. The third kappa shape index (κ3) is 3.82. The van der Waals surface area contributed by atoms with E-state index in [2.05, 4.69) is 77.9 Å². The van der Waals surface area contributed by atoms with Gasteiger partial charge in [-0.15, -0.1) is 0 Å². The Balaban J connectivity index is 1.74. The van der Waals surface area contributed by atoms with Crippen LogP contribution in [-0.2, 0) is 6.54 Å². The highest BCUT2D eigenvalue weighted by Crippen LogP contribution is 2.20. The van der Waals surface area contributed by atoms with Crippen molar-refractivity contribution in [3.05, 3.63) is 47.3 Å². The van der Waals surface area contributed by atoms with Crippen LogP contribution in [0.25, 0.3) is 5.69 Å². The number of para-hydroxylation sites is 1. The van der Waals surface area contributed by atoms with E-state index in [9.17, 15) is 0 Å². The quantitative estimate of drug-likeness (QED) is 0.848. The topological polar surface area (TPSA) is 24.3 Å². The van der Waals surface area contributed by atoms with Gasteiger partial charge in [0.1, 0.15) is 0 Å². The van der Waals surface area contributed by atoms with Gasteiger partial charge in [-0.2, -0.15) is 5.10 Å². The summed E-state index contributed by atoms with van der Waals surface area (Å²) in [5.74, 6) is 0.797. The maximum Gasteiger partial charge on any atom is 0.0693 e. The summed E-state index contributed by atoms with van der Waals surface area (Å²) in [4.78, 5) is 4.89. The van der Waals surface area contributed by atoms with Crippen LogP contribution in [0.2, 0.25) is 0 Å². The molecule has 0 aliphatic carbocycles. The monoisotopic (exact) mass is 312 g/mol. The normalized spacial score (nSPS) is 18.9. The van der Waals surface area contributed by atoms with Gasteiger partial charge in [-0.1, -0.05) is 18.2 Å². The van der Waals surface area contributed by atoms with Crippen LogP contribution >= 0.6 is 0 Å². The summed E-state index contributed by atoms with van der Waals surface area (Å²) in [5, 5.41) is 4.65. The van der Waals surface area contributed by atoms with Crippen molar-refractivity contribution in [3.8, 4) is 5.69 Å². The Morgan fingerprint density at radius 1 is 1.26 bits per heavy atom. The third-order valence-electron chi connectivity index (χ3n) is 4.73. The number of benzene rings is 1. The molecule has 0 bridgehead atoms. The van der Waals surface area contributed by atoms with Crippen LogP contribution < -0.4 is 0 Å². The van der Waals surface area contributed by atoms with Crippen molar-refractivity contribution >= 4 is 0 Å². The number of likely N-dealkylation sites (tertiary alicyclic amines) is 1. The standard InChI is InChI=1S/C19H28N4/c1-15-11-16(2)23(20-15)19-8-6-5-7-18(19)14-22(4)13-17-9-10-21(3)12-17/h5-8,11,17H,9-10,12-14H2,1-4H3. The fraction of sp³-hybridized carbons (Fsp3) is 0.526. The summed E-state index contributed by atoms with van der Waals surface area (Å²) in [6.45, 7) is 8.76. The van der Waals surface area contributed by atoms with Gasteiger partial charge < -0.3 is 9.80 Å². The van der Waals surface area contributed by atoms with Gasteiger partial charge in [0.05, 0.1) is 11.4 Å². The van der Waals surface area contributed by atoms with Crippen molar-refractivity contribution in [1.82, 2.24) is 19.6 Å². The molecule has 1 aromatic carbocycles. The number of aryl methyl sites for hydroxylation is 2. The molecule has 1 aliphatic heterocycles. The number of rotatable bonds is 5. The molecule has 1 aliphatic rings. The molecule has 0 amide bonds. The minimum Gasteiger partial charge on any atom is -0.306 e. The molecule has 1 saturated heterocycles. The predicted molar refractivity (Wildman–Crippen MR) is 95.0 cm³/mol. The molecule has 0 N–H and O–H groups in total. The van der Waals surface area contributed by atoms with Gasteiger partial charge in [-0.05, 0) is 64.5 Å². The van der Waals surface area contributed by atoms with Crippen LogP contribution in [0, 0.1) is 19.8 Å². The number of aromatic nitrogens is 2. The molecule has 23 heavy (non-hydrogen) atoms. The van der Waals surface area contributed by atoms with Gasteiger partial charge in [0.15, 0.2) is 0 Å². The van der Waals surface area contributed by atoms with Gasteiger partial charge in [0, 0.05) is 25.3 Å². The summed E-state index contributed by atoms with van der Waals surface area (Å²) >= 11 is 0. The lowest BCUT2D eigenvalue weighted by Crippen LogP contribution is -2.27. The second-order valence-corrected chi connectivity index (χ2v) is 7.08. The van der Waals surface area contributed by atoms with Crippen molar-refractivity contribution in [2.24, 2.45) is 5.92 Å². The third-order valence-corrected chi connectivity index (χ3v) is 4.73. The smallest absolute Gasteiger partial charge is 0.0693 e. The molecule has 2 heterocycles. The first-order valence-electron chi connectivity index (χ1n) is 8.51. The van der Waals surface area contributed by atoms with Crippen LogP contribution in [0.15, 0.2) is 30.3 Å². The van der Waals surface area contributed by atoms with Crippen molar-refractivity contribution in [2.45, 2.75) is 26.8 Å². The van der Waals surface area contributed by atoms with Crippen molar-refractivity contribution in [1.29, 1.82) is 0 Å². The average molecular weight is 312 g/mol. The second kappa shape index (κ2) is 6.85. The van der Waals surface area contributed by atoms with E-state index in [1.54, 1.807) is 0 Å². The lowest BCUT2D eigenvalue weighted by molar-refractivity contribution is 0.267. The average Bonchev–Trinajstić information content (AvgIpc) is 3.04. The van der Waals surface area contributed by atoms with Crippen molar-refractivity contribution in [3.63, 3.8) is 0 Å². The predicted octanol–water partition coefficient (Wildman–Crippen LogP) is 2.87. The number of hydrogen-bond acceptors (Lipinski definition) is 3. The van der Waals surface area contributed by atoms with E-state index in [1.165, 1.54) is 36.5 Å². The summed E-state index contributed by atoms with van der Waals surface area (Å²) in [5.41, 5.74) is 4.80. The Morgan fingerprint density at radius 2 is 2.04 bits per heavy atom. The van der Waals surface area contributed by atoms with E-state index < -0.39 is 0 Å². The zero-order valence-corrected chi connectivity index (χ0v) is 14.8. The van der Waals surface area contributed by atoms with Gasteiger partial charge >= 0.3 is 0 Å². The van der Waals surface area contributed by atoms with Gasteiger partial charge in [0.2, 0.25) is 0 Å². The maximum atomic E-state index is 4.65. The Morgan fingerprint density at radius 3 is 2.70 bits per heavy atom. The van der Waals surface area contributed by atoms with E-state index >= 15 is 0 Å².